The van der Waals surface area contributed by atoms with Crippen LogP contribution in [0.2, 0.25) is 0 Å². The zero-order valence-electron chi connectivity index (χ0n) is 10.5. The van der Waals surface area contributed by atoms with Gasteiger partial charge >= 0.3 is 0 Å². The molecule has 1 aromatic rings. The van der Waals surface area contributed by atoms with Crippen molar-refractivity contribution in [1.29, 1.82) is 0 Å². The molecule has 1 unspecified atom stereocenters. The van der Waals surface area contributed by atoms with Gasteiger partial charge in [-0.05, 0) is 43.1 Å². The van der Waals surface area contributed by atoms with Crippen LogP contribution in [0.25, 0.3) is 0 Å². The fourth-order valence-corrected chi connectivity index (χ4v) is 1.77. The molecule has 0 saturated carbocycles. The maximum atomic E-state index is 13.1. The minimum absolute atomic E-state index is 0.0269. The monoisotopic (exact) mass is 257 g/mol. The SMILES string of the molecule is COc1ccc(F)cc1CCNC(CO)CCO. The van der Waals surface area contributed by atoms with Crippen LogP contribution in [0, 0.1) is 5.82 Å². The lowest BCUT2D eigenvalue weighted by Gasteiger charge is -2.15. The Morgan fingerprint density at radius 3 is 2.78 bits per heavy atom. The molecule has 0 amide bonds. The fraction of sp³-hybridized carbons (Fsp3) is 0.538. The maximum Gasteiger partial charge on any atom is 0.123 e. The van der Waals surface area contributed by atoms with Gasteiger partial charge in [0.1, 0.15) is 11.6 Å². The van der Waals surface area contributed by atoms with Gasteiger partial charge in [-0.25, -0.2) is 4.39 Å². The van der Waals surface area contributed by atoms with Crippen LogP contribution in [0.1, 0.15) is 12.0 Å². The molecule has 1 aromatic carbocycles. The van der Waals surface area contributed by atoms with Gasteiger partial charge < -0.3 is 20.3 Å². The van der Waals surface area contributed by atoms with Gasteiger partial charge in [0, 0.05) is 12.6 Å². The Morgan fingerprint density at radius 2 is 2.17 bits per heavy atom. The molecule has 1 rings (SSSR count). The molecule has 18 heavy (non-hydrogen) atoms. The smallest absolute Gasteiger partial charge is 0.123 e. The number of rotatable bonds is 8. The van der Waals surface area contributed by atoms with Gasteiger partial charge in [0.05, 0.1) is 13.7 Å². The summed E-state index contributed by atoms with van der Waals surface area (Å²) in [5.74, 6) is 0.362. The van der Waals surface area contributed by atoms with Gasteiger partial charge in [0.25, 0.3) is 0 Å². The summed E-state index contributed by atoms with van der Waals surface area (Å²) in [4.78, 5) is 0. The molecular formula is C13H20FNO3. The van der Waals surface area contributed by atoms with Crippen molar-refractivity contribution in [3.05, 3.63) is 29.6 Å². The third-order valence-corrected chi connectivity index (χ3v) is 2.77. The van der Waals surface area contributed by atoms with Gasteiger partial charge in [-0.15, -0.1) is 0 Å². The molecule has 0 bridgehead atoms. The zero-order chi connectivity index (χ0) is 13.4. The third-order valence-electron chi connectivity index (χ3n) is 2.77. The zero-order valence-corrected chi connectivity index (χ0v) is 10.5. The molecular weight excluding hydrogens is 237 g/mol. The Kier molecular flexibility index (Phi) is 6.64. The Bertz CT molecular complexity index is 360. The topological polar surface area (TPSA) is 61.7 Å². The van der Waals surface area contributed by atoms with Crippen LogP contribution >= 0.6 is 0 Å². The van der Waals surface area contributed by atoms with Crippen LogP contribution in [0.3, 0.4) is 0 Å². The van der Waals surface area contributed by atoms with E-state index in [9.17, 15) is 4.39 Å². The molecule has 0 aliphatic heterocycles. The van der Waals surface area contributed by atoms with E-state index in [1.165, 1.54) is 12.1 Å². The quantitative estimate of drug-likeness (QED) is 0.642. The van der Waals surface area contributed by atoms with Crippen molar-refractivity contribution in [2.75, 3.05) is 26.9 Å². The Balaban J connectivity index is 2.49. The Labute approximate surface area is 106 Å². The summed E-state index contributed by atoms with van der Waals surface area (Å²) in [6, 6.07) is 4.27. The summed E-state index contributed by atoms with van der Waals surface area (Å²) in [6.07, 6.45) is 1.10. The first kappa shape index (κ1) is 14.9. The van der Waals surface area contributed by atoms with Crippen molar-refractivity contribution in [3.8, 4) is 5.75 Å². The molecule has 0 aliphatic rings. The number of methoxy groups -OCH3 is 1. The van der Waals surface area contributed by atoms with E-state index in [-0.39, 0.29) is 25.1 Å². The minimum atomic E-state index is -0.292. The summed E-state index contributed by atoms with van der Waals surface area (Å²) in [6.45, 7) is 0.591. The molecule has 0 heterocycles. The molecule has 0 spiro atoms. The van der Waals surface area contributed by atoms with Crippen LogP contribution in [0.15, 0.2) is 18.2 Å². The lowest BCUT2D eigenvalue weighted by Crippen LogP contribution is -2.34. The number of aliphatic hydroxyl groups is 2. The van der Waals surface area contributed by atoms with Crippen molar-refractivity contribution in [1.82, 2.24) is 5.32 Å². The lowest BCUT2D eigenvalue weighted by molar-refractivity contribution is 0.201. The molecule has 1 atom stereocenters. The van der Waals surface area contributed by atoms with Gasteiger partial charge in [0.15, 0.2) is 0 Å². The average Bonchev–Trinajstić information content (AvgIpc) is 2.38. The summed E-state index contributed by atoms with van der Waals surface area (Å²) in [7, 11) is 1.55. The summed E-state index contributed by atoms with van der Waals surface area (Å²) >= 11 is 0. The first-order valence-electron chi connectivity index (χ1n) is 5.98. The van der Waals surface area contributed by atoms with Crippen molar-refractivity contribution >= 4 is 0 Å². The second-order valence-electron chi connectivity index (χ2n) is 4.05. The molecule has 4 nitrogen and oxygen atoms in total. The molecule has 0 aromatic heterocycles. The number of halogens is 1. The van der Waals surface area contributed by atoms with Crippen LogP contribution in [0.4, 0.5) is 4.39 Å². The van der Waals surface area contributed by atoms with E-state index in [0.717, 1.165) is 5.56 Å². The molecule has 0 aliphatic carbocycles. The fourth-order valence-electron chi connectivity index (χ4n) is 1.77. The van der Waals surface area contributed by atoms with Crippen LogP contribution in [-0.2, 0) is 6.42 Å². The number of nitrogens with one attached hydrogen (secondary N) is 1. The van der Waals surface area contributed by atoms with E-state index >= 15 is 0 Å². The van der Waals surface area contributed by atoms with Gasteiger partial charge in [0.2, 0.25) is 0 Å². The number of aliphatic hydroxyl groups excluding tert-OH is 2. The van der Waals surface area contributed by atoms with E-state index in [0.29, 0.717) is 25.1 Å². The second-order valence-corrected chi connectivity index (χ2v) is 4.05. The number of benzene rings is 1. The second kappa shape index (κ2) is 8.02. The Hall–Kier alpha value is -1.17. The number of hydrogen-bond donors (Lipinski definition) is 3. The van der Waals surface area contributed by atoms with Gasteiger partial charge in [-0.3, -0.25) is 0 Å². The standard InChI is InChI=1S/C13H20FNO3/c1-18-13-3-2-11(14)8-10(13)4-6-15-12(9-17)5-7-16/h2-3,8,12,15-17H,4-7,9H2,1H3. The highest BCUT2D eigenvalue weighted by atomic mass is 19.1. The van der Waals surface area contributed by atoms with Crippen LogP contribution in [0.5, 0.6) is 5.75 Å². The normalized spacial score (nSPS) is 12.4. The molecule has 5 heteroatoms. The molecule has 0 radical (unpaired) electrons. The van der Waals surface area contributed by atoms with E-state index < -0.39 is 0 Å². The average molecular weight is 257 g/mol. The van der Waals surface area contributed by atoms with E-state index in [1.807, 2.05) is 0 Å². The molecule has 102 valence electrons. The van der Waals surface area contributed by atoms with Crippen LogP contribution in [-0.4, -0.2) is 43.1 Å². The van der Waals surface area contributed by atoms with Gasteiger partial charge in [-0.1, -0.05) is 0 Å². The minimum Gasteiger partial charge on any atom is -0.496 e. The van der Waals surface area contributed by atoms with Crippen molar-refractivity contribution < 1.29 is 19.3 Å². The predicted octanol–water partition coefficient (Wildman–Crippen LogP) is 0.710. The molecule has 0 fully saturated rings. The van der Waals surface area contributed by atoms with E-state index in [1.54, 1.807) is 13.2 Å². The van der Waals surface area contributed by atoms with E-state index in [4.69, 9.17) is 14.9 Å². The third kappa shape index (κ3) is 4.60. The molecule has 0 saturated heterocycles. The number of ether oxygens (including phenoxy) is 1. The van der Waals surface area contributed by atoms with Crippen molar-refractivity contribution in [3.63, 3.8) is 0 Å². The summed E-state index contributed by atoms with van der Waals surface area (Å²) < 4.78 is 18.3. The Morgan fingerprint density at radius 1 is 1.39 bits per heavy atom. The molecule has 3 N–H and O–H groups in total. The van der Waals surface area contributed by atoms with Gasteiger partial charge in [-0.2, -0.15) is 0 Å². The number of hydrogen-bond acceptors (Lipinski definition) is 4. The highest BCUT2D eigenvalue weighted by Gasteiger charge is 2.08. The highest BCUT2D eigenvalue weighted by molar-refractivity contribution is 5.34. The first-order chi connectivity index (χ1) is 8.71. The lowest BCUT2D eigenvalue weighted by atomic mass is 10.1. The maximum absolute atomic E-state index is 13.1. The largest absolute Gasteiger partial charge is 0.496 e. The van der Waals surface area contributed by atoms with Crippen molar-refractivity contribution in [2.24, 2.45) is 0 Å². The highest BCUT2D eigenvalue weighted by Crippen LogP contribution is 2.19. The van der Waals surface area contributed by atoms with E-state index in [2.05, 4.69) is 5.32 Å². The first-order valence-corrected chi connectivity index (χ1v) is 5.98. The summed E-state index contributed by atoms with van der Waals surface area (Å²) in [5, 5.41) is 20.9. The van der Waals surface area contributed by atoms with Crippen molar-refractivity contribution in [2.45, 2.75) is 18.9 Å². The van der Waals surface area contributed by atoms with Crippen LogP contribution < -0.4 is 10.1 Å². The predicted molar refractivity (Wildman–Crippen MR) is 67.2 cm³/mol. The summed E-state index contributed by atoms with van der Waals surface area (Å²) in [5.41, 5.74) is 0.783.